The summed E-state index contributed by atoms with van der Waals surface area (Å²) in [5, 5.41) is 21.1. The van der Waals surface area contributed by atoms with Gasteiger partial charge in [0, 0.05) is 67.2 Å². The molecular formula is C30H31ClFN9O. The fourth-order valence-corrected chi connectivity index (χ4v) is 6.25. The highest BCUT2D eigenvalue weighted by Crippen LogP contribution is 2.42. The van der Waals surface area contributed by atoms with Crippen molar-refractivity contribution in [2.45, 2.75) is 25.8 Å². The van der Waals surface area contributed by atoms with Gasteiger partial charge in [0.15, 0.2) is 5.82 Å². The number of amides is 1. The average molecular weight is 588 g/mol. The van der Waals surface area contributed by atoms with Crippen molar-refractivity contribution in [3.63, 3.8) is 0 Å². The summed E-state index contributed by atoms with van der Waals surface area (Å²) in [4.78, 5) is 27.7. The molecule has 2 aliphatic heterocycles. The molecule has 0 saturated carbocycles. The van der Waals surface area contributed by atoms with Crippen LogP contribution in [0.1, 0.15) is 18.4 Å². The molecule has 0 aliphatic carbocycles. The third-order valence-corrected chi connectivity index (χ3v) is 8.52. The second-order valence-electron chi connectivity index (χ2n) is 10.8. The highest BCUT2D eigenvalue weighted by Gasteiger charge is 2.28. The minimum absolute atomic E-state index is 0.0871. The fraction of sp³-hybridized carbons (Fsp3) is 0.367. The van der Waals surface area contributed by atoms with Crippen LogP contribution in [-0.4, -0.2) is 87.7 Å². The summed E-state index contributed by atoms with van der Waals surface area (Å²) in [6.45, 7) is 9.51. The number of piperazine rings is 1. The Labute approximate surface area is 247 Å². The van der Waals surface area contributed by atoms with Crippen LogP contribution in [0.15, 0.2) is 37.1 Å². The lowest BCUT2D eigenvalue weighted by Crippen LogP contribution is -2.48. The topological polar surface area (TPSA) is 117 Å². The number of nitrogens with one attached hydrogen (secondary N) is 2. The summed E-state index contributed by atoms with van der Waals surface area (Å²) in [6, 6.07) is 7.87. The molecule has 0 atom stereocenters. The molecule has 2 aliphatic rings. The number of nitrogens with zero attached hydrogens (tertiary/aromatic N) is 7. The lowest BCUT2D eigenvalue weighted by Gasteiger charge is -2.36. The molecular weight excluding hydrogens is 557 g/mol. The number of aromatic nitrogens is 4. The molecule has 2 aromatic heterocycles. The molecule has 2 aromatic carbocycles. The second-order valence-corrected chi connectivity index (χ2v) is 11.2. The predicted molar refractivity (Wildman–Crippen MR) is 162 cm³/mol. The minimum atomic E-state index is -0.523. The van der Waals surface area contributed by atoms with Gasteiger partial charge in [-0.15, -0.1) is 0 Å². The summed E-state index contributed by atoms with van der Waals surface area (Å²) in [5.74, 6) is 0.270. The fourth-order valence-electron chi connectivity index (χ4n) is 5.96. The van der Waals surface area contributed by atoms with Gasteiger partial charge in [-0.05, 0) is 43.5 Å². The number of carbonyl (C=O) groups excluding carboxylic acids is 1. The molecule has 2 fully saturated rings. The Hall–Kier alpha value is -4.27. The van der Waals surface area contributed by atoms with Gasteiger partial charge < -0.3 is 15.1 Å². The van der Waals surface area contributed by atoms with E-state index >= 15 is 4.39 Å². The van der Waals surface area contributed by atoms with E-state index < -0.39 is 5.82 Å². The number of halogens is 2. The number of fused-ring (bicyclic) bond motifs is 2. The van der Waals surface area contributed by atoms with E-state index in [1.165, 1.54) is 6.08 Å². The van der Waals surface area contributed by atoms with Crippen molar-refractivity contribution in [2.24, 2.45) is 0 Å². The van der Waals surface area contributed by atoms with Crippen LogP contribution in [0.4, 0.5) is 16.2 Å². The number of rotatable bonds is 6. The normalized spacial score (nSPS) is 16.6. The van der Waals surface area contributed by atoms with E-state index in [2.05, 4.69) is 38.0 Å². The molecule has 4 aromatic rings. The first-order chi connectivity index (χ1) is 20.4. The van der Waals surface area contributed by atoms with E-state index in [1.807, 2.05) is 19.1 Å². The molecule has 216 valence electrons. The molecule has 0 unspecified atom stereocenters. The summed E-state index contributed by atoms with van der Waals surface area (Å²) >= 11 is 6.86. The SMILES string of the molecule is C=CC(=O)N1CCN(c2nc(NC3CCN(CC#N)CC3)nc3c(F)c(-c4c(C)ccc5[nH]ncc45)c(Cl)cc23)CC1. The highest BCUT2D eigenvalue weighted by atomic mass is 35.5. The van der Waals surface area contributed by atoms with Crippen LogP contribution >= 0.6 is 11.6 Å². The molecule has 42 heavy (non-hydrogen) atoms. The quantitative estimate of drug-likeness (QED) is 0.250. The number of anilines is 2. The summed E-state index contributed by atoms with van der Waals surface area (Å²) in [7, 11) is 0. The van der Waals surface area contributed by atoms with Crippen molar-refractivity contribution in [3.05, 3.63) is 53.5 Å². The van der Waals surface area contributed by atoms with Crippen LogP contribution in [0.3, 0.4) is 0 Å². The van der Waals surface area contributed by atoms with Crippen molar-refractivity contribution in [2.75, 3.05) is 56.0 Å². The number of likely N-dealkylation sites (tertiary alicyclic amines) is 1. The van der Waals surface area contributed by atoms with Gasteiger partial charge in [0.05, 0.1) is 29.4 Å². The maximum atomic E-state index is 16.7. The molecule has 1 amide bonds. The summed E-state index contributed by atoms with van der Waals surface area (Å²) in [5.41, 5.74) is 2.76. The van der Waals surface area contributed by atoms with Crippen LogP contribution in [0.2, 0.25) is 5.02 Å². The van der Waals surface area contributed by atoms with Crippen LogP contribution < -0.4 is 10.2 Å². The Kier molecular flexibility index (Phi) is 7.66. The van der Waals surface area contributed by atoms with E-state index in [4.69, 9.17) is 26.8 Å². The first-order valence-electron chi connectivity index (χ1n) is 14.0. The number of carbonyl (C=O) groups is 1. The first kappa shape index (κ1) is 27.9. The summed E-state index contributed by atoms with van der Waals surface area (Å²) < 4.78 is 16.7. The zero-order chi connectivity index (χ0) is 29.4. The predicted octanol–water partition coefficient (Wildman–Crippen LogP) is 4.51. The van der Waals surface area contributed by atoms with E-state index in [0.29, 0.717) is 55.4 Å². The first-order valence-corrected chi connectivity index (χ1v) is 14.4. The highest BCUT2D eigenvalue weighted by molar-refractivity contribution is 6.35. The maximum absolute atomic E-state index is 16.7. The molecule has 2 saturated heterocycles. The van der Waals surface area contributed by atoms with Gasteiger partial charge in [-0.25, -0.2) is 9.37 Å². The van der Waals surface area contributed by atoms with Crippen LogP contribution in [-0.2, 0) is 4.79 Å². The number of piperidine rings is 1. The number of benzene rings is 2. The summed E-state index contributed by atoms with van der Waals surface area (Å²) in [6.07, 6.45) is 4.63. The van der Waals surface area contributed by atoms with Gasteiger partial charge in [-0.1, -0.05) is 24.2 Å². The molecule has 10 nitrogen and oxygen atoms in total. The molecule has 6 rings (SSSR count). The number of hydrogen-bond acceptors (Lipinski definition) is 8. The largest absolute Gasteiger partial charge is 0.352 e. The van der Waals surface area contributed by atoms with Crippen molar-refractivity contribution < 1.29 is 9.18 Å². The molecule has 0 radical (unpaired) electrons. The van der Waals surface area contributed by atoms with E-state index in [0.717, 1.165) is 42.4 Å². The van der Waals surface area contributed by atoms with Gasteiger partial charge in [0.25, 0.3) is 0 Å². The Morgan fingerprint density at radius 3 is 2.67 bits per heavy atom. The van der Waals surface area contributed by atoms with Gasteiger partial charge in [0.2, 0.25) is 11.9 Å². The lowest BCUT2D eigenvalue weighted by atomic mass is 9.95. The van der Waals surface area contributed by atoms with Crippen molar-refractivity contribution >= 4 is 51.1 Å². The third-order valence-electron chi connectivity index (χ3n) is 8.23. The van der Waals surface area contributed by atoms with Gasteiger partial charge >= 0.3 is 0 Å². The molecule has 0 spiro atoms. The van der Waals surface area contributed by atoms with E-state index in [-0.39, 0.29) is 28.1 Å². The van der Waals surface area contributed by atoms with Crippen molar-refractivity contribution in [3.8, 4) is 17.2 Å². The lowest BCUT2D eigenvalue weighted by molar-refractivity contribution is -0.126. The number of aromatic amines is 1. The second kappa shape index (κ2) is 11.5. The van der Waals surface area contributed by atoms with E-state index in [1.54, 1.807) is 17.2 Å². The van der Waals surface area contributed by atoms with Gasteiger partial charge in [0.1, 0.15) is 11.3 Å². The number of H-pyrrole nitrogens is 1. The Bertz CT molecular complexity index is 1720. The van der Waals surface area contributed by atoms with Crippen LogP contribution in [0.25, 0.3) is 32.9 Å². The van der Waals surface area contributed by atoms with Crippen molar-refractivity contribution in [1.82, 2.24) is 30.0 Å². The van der Waals surface area contributed by atoms with E-state index in [9.17, 15) is 4.79 Å². The smallest absolute Gasteiger partial charge is 0.246 e. The Balaban J connectivity index is 1.44. The average Bonchev–Trinajstić information content (AvgIpc) is 3.48. The molecule has 0 bridgehead atoms. The number of aryl methyl sites for hydroxylation is 1. The maximum Gasteiger partial charge on any atom is 0.246 e. The Morgan fingerprint density at radius 1 is 1.19 bits per heavy atom. The van der Waals surface area contributed by atoms with Gasteiger partial charge in [-0.2, -0.15) is 15.3 Å². The number of hydrogen-bond donors (Lipinski definition) is 2. The zero-order valence-electron chi connectivity index (χ0n) is 23.3. The molecule has 12 heteroatoms. The van der Waals surface area contributed by atoms with Crippen LogP contribution in [0.5, 0.6) is 0 Å². The monoisotopic (exact) mass is 587 g/mol. The van der Waals surface area contributed by atoms with Gasteiger partial charge in [-0.3, -0.25) is 14.8 Å². The Morgan fingerprint density at radius 2 is 1.95 bits per heavy atom. The molecule has 2 N–H and O–H groups in total. The van der Waals surface area contributed by atoms with Crippen LogP contribution in [0, 0.1) is 24.1 Å². The molecule has 4 heterocycles. The van der Waals surface area contributed by atoms with Crippen molar-refractivity contribution in [1.29, 1.82) is 5.26 Å². The number of nitriles is 1. The standard InChI is InChI=1S/C30H31ClFN9O/c1-3-24(42)40-12-14-41(15-13-40)29-20-16-22(31)26(25-18(2)4-5-23-21(25)17-34-38-23)27(32)28(20)36-30(37-29)35-19-6-9-39(10-7-19)11-8-33/h3-5,16-17,19H,1,6-7,9-15H2,2H3,(H,34,38)(H,35,36,37). The zero-order valence-corrected chi connectivity index (χ0v) is 24.1. The minimum Gasteiger partial charge on any atom is -0.352 e. The third kappa shape index (κ3) is 5.12.